The van der Waals surface area contributed by atoms with Gasteiger partial charge in [-0.15, -0.1) is 5.10 Å². The minimum absolute atomic E-state index is 0.0877. The number of nitrogens with one attached hydrogen (secondary N) is 1. The Morgan fingerprint density at radius 3 is 2.65 bits per heavy atom. The second kappa shape index (κ2) is 7.70. The summed E-state index contributed by atoms with van der Waals surface area (Å²) in [6, 6.07) is 13.8. The predicted octanol–water partition coefficient (Wildman–Crippen LogP) is 3.71. The van der Waals surface area contributed by atoms with Crippen LogP contribution in [0.4, 0.5) is 5.69 Å². The molecule has 0 unspecified atom stereocenters. The second-order valence-electron chi connectivity index (χ2n) is 6.26. The number of aryl methyl sites for hydroxylation is 3. The van der Waals surface area contributed by atoms with Crippen LogP contribution in [0.2, 0.25) is 0 Å². The van der Waals surface area contributed by atoms with E-state index in [4.69, 9.17) is 0 Å². The third-order valence-electron chi connectivity index (χ3n) is 4.11. The van der Waals surface area contributed by atoms with Gasteiger partial charge in [-0.05, 0) is 79.1 Å². The lowest BCUT2D eigenvalue weighted by atomic mass is 10.1. The molecule has 26 heavy (non-hydrogen) atoms. The van der Waals surface area contributed by atoms with Crippen molar-refractivity contribution in [2.45, 2.75) is 38.1 Å². The van der Waals surface area contributed by atoms with Crippen molar-refractivity contribution >= 4 is 23.4 Å². The standard InChI is InChI=1S/C19H21N5OS/c1-12-6-5-7-16(10-12)20-18(25)15(4)26-19-21-22-23-24(19)17-9-8-13(2)14(3)11-17/h5-11,15H,1-4H3,(H,20,25)/t15-/m1/s1. The van der Waals surface area contributed by atoms with Gasteiger partial charge >= 0.3 is 0 Å². The van der Waals surface area contributed by atoms with Crippen LogP contribution in [0.25, 0.3) is 5.69 Å². The molecular formula is C19H21N5OS. The Bertz CT molecular complexity index is 937. The predicted molar refractivity (Wildman–Crippen MR) is 104 cm³/mol. The summed E-state index contributed by atoms with van der Waals surface area (Å²) >= 11 is 1.33. The molecule has 6 nitrogen and oxygen atoms in total. The fourth-order valence-corrected chi connectivity index (χ4v) is 3.26. The average molecular weight is 367 g/mol. The molecule has 1 heterocycles. The SMILES string of the molecule is Cc1cccc(NC(=O)[C@@H](C)Sc2nnnn2-c2ccc(C)c(C)c2)c1. The van der Waals surface area contributed by atoms with E-state index >= 15 is 0 Å². The summed E-state index contributed by atoms with van der Waals surface area (Å²) in [4.78, 5) is 12.5. The van der Waals surface area contributed by atoms with E-state index in [9.17, 15) is 4.79 Å². The first-order valence-corrected chi connectivity index (χ1v) is 9.22. The van der Waals surface area contributed by atoms with Crippen LogP contribution in [-0.2, 0) is 4.79 Å². The molecule has 1 N–H and O–H groups in total. The highest BCUT2D eigenvalue weighted by atomic mass is 32.2. The smallest absolute Gasteiger partial charge is 0.237 e. The number of rotatable bonds is 5. The Hall–Kier alpha value is -2.67. The van der Waals surface area contributed by atoms with Crippen LogP contribution in [0.5, 0.6) is 0 Å². The van der Waals surface area contributed by atoms with Crippen molar-refractivity contribution in [1.82, 2.24) is 20.2 Å². The van der Waals surface area contributed by atoms with Crippen molar-refractivity contribution in [1.29, 1.82) is 0 Å². The molecule has 0 aliphatic rings. The van der Waals surface area contributed by atoms with E-state index in [0.29, 0.717) is 5.16 Å². The van der Waals surface area contributed by atoms with E-state index in [-0.39, 0.29) is 11.2 Å². The first-order valence-electron chi connectivity index (χ1n) is 8.34. The highest BCUT2D eigenvalue weighted by molar-refractivity contribution is 8.00. The number of aromatic nitrogens is 4. The van der Waals surface area contributed by atoms with Gasteiger partial charge in [0.05, 0.1) is 10.9 Å². The lowest BCUT2D eigenvalue weighted by molar-refractivity contribution is -0.115. The van der Waals surface area contributed by atoms with Crippen molar-refractivity contribution in [2.24, 2.45) is 0 Å². The summed E-state index contributed by atoms with van der Waals surface area (Å²) in [5.41, 5.74) is 5.14. The van der Waals surface area contributed by atoms with Crippen LogP contribution in [0.15, 0.2) is 47.6 Å². The molecule has 3 aromatic rings. The van der Waals surface area contributed by atoms with Crippen LogP contribution in [0.1, 0.15) is 23.6 Å². The van der Waals surface area contributed by atoms with E-state index in [1.165, 1.54) is 22.9 Å². The van der Waals surface area contributed by atoms with Gasteiger partial charge in [0.15, 0.2) is 0 Å². The molecule has 7 heteroatoms. The van der Waals surface area contributed by atoms with Crippen LogP contribution >= 0.6 is 11.8 Å². The number of anilines is 1. The van der Waals surface area contributed by atoms with Crippen LogP contribution in [0.3, 0.4) is 0 Å². The lowest BCUT2D eigenvalue weighted by Crippen LogP contribution is -2.23. The van der Waals surface area contributed by atoms with E-state index < -0.39 is 0 Å². The highest BCUT2D eigenvalue weighted by Crippen LogP contribution is 2.24. The second-order valence-corrected chi connectivity index (χ2v) is 7.57. The Labute approximate surface area is 157 Å². The molecule has 0 spiro atoms. The molecule has 0 radical (unpaired) electrons. The normalized spacial score (nSPS) is 12.0. The molecule has 0 fully saturated rings. The van der Waals surface area contributed by atoms with E-state index in [2.05, 4.69) is 27.8 Å². The zero-order chi connectivity index (χ0) is 18.7. The number of carbonyl (C=O) groups is 1. The van der Waals surface area contributed by atoms with Crippen LogP contribution in [0, 0.1) is 20.8 Å². The number of hydrogen-bond donors (Lipinski definition) is 1. The lowest BCUT2D eigenvalue weighted by Gasteiger charge is -2.12. The molecule has 0 saturated heterocycles. The van der Waals surface area contributed by atoms with Gasteiger partial charge in [-0.3, -0.25) is 4.79 Å². The number of carbonyl (C=O) groups excluding carboxylic acids is 1. The van der Waals surface area contributed by atoms with Crippen LogP contribution < -0.4 is 5.32 Å². The maximum absolute atomic E-state index is 12.5. The van der Waals surface area contributed by atoms with Crippen molar-refractivity contribution in [3.8, 4) is 5.69 Å². The summed E-state index contributed by atoms with van der Waals surface area (Å²) in [7, 11) is 0. The van der Waals surface area contributed by atoms with Crippen molar-refractivity contribution in [2.75, 3.05) is 5.32 Å². The molecule has 1 amide bonds. The number of thioether (sulfide) groups is 1. The highest BCUT2D eigenvalue weighted by Gasteiger charge is 2.19. The van der Waals surface area contributed by atoms with Crippen molar-refractivity contribution in [3.05, 3.63) is 59.2 Å². The van der Waals surface area contributed by atoms with Gasteiger partial charge in [0.25, 0.3) is 0 Å². The van der Waals surface area contributed by atoms with Crippen molar-refractivity contribution in [3.63, 3.8) is 0 Å². The van der Waals surface area contributed by atoms with Gasteiger partial charge in [-0.1, -0.05) is 30.0 Å². The average Bonchev–Trinajstić information content (AvgIpc) is 3.05. The Balaban J connectivity index is 1.74. The summed E-state index contributed by atoms with van der Waals surface area (Å²) in [5.74, 6) is -0.0877. The molecular weight excluding hydrogens is 346 g/mol. The molecule has 134 valence electrons. The van der Waals surface area contributed by atoms with E-state index in [0.717, 1.165) is 16.9 Å². The number of hydrogen-bond acceptors (Lipinski definition) is 5. The van der Waals surface area contributed by atoms with Gasteiger partial charge in [-0.25, -0.2) is 0 Å². The largest absolute Gasteiger partial charge is 0.325 e. The fraction of sp³-hybridized carbons (Fsp3) is 0.263. The molecule has 0 aliphatic heterocycles. The summed E-state index contributed by atoms with van der Waals surface area (Å²) in [6.45, 7) is 7.95. The topological polar surface area (TPSA) is 72.7 Å². The quantitative estimate of drug-likeness (QED) is 0.696. The Morgan fingerprint density at radius 1 is 1.12 bits per heavy atom. The first-order chi connectivity index (χ1) is 12.4. The molecule has 0 aliphatic carbocycles. The number of nitrogens with zero attached hydrogens (tertiary/aromatic N) is 4. The zero-order valence-electron chi connectivity index (χ0n) is 15.2. The van der Waals surface area contributed by atoms with Gasteiger partial charge in [0, 0.05) is 5.69 Å². The molecule has 1 aromatic heterocycles. The summed E-state index contributed by atoms with van der Waals surface area (Å²) < 4.78 is 1.66. The maximum Gasteiger partial charge on any atom is 0.237 e. The zero-order valence-corrected chi connectivity index (χ0v) is 16.0. The third-order valence-corrected chi connectivity index (χ3v) is 5.15. The minimum atomic E-state index is -0.341. The fourth-order valence-electron chi connectivity index (χ4n) is 2.45. The van der Waals surface area contributed by atoms with Gasteiger partial charge in [0.2, 0.25) is 11.1 Å². The maximum atomic E-state index is 12.5. The Morgan fingerprint density at radius 2 is 1.92 bits per heavy atom. The van der Waals surface area contributed by atoms with E-state index in [1.807, 2.05) is 63.2 Å². The van der Waals surface area contributed by atoms with Gasteiger partial charge < -0.3 is 5.32 Å². The molecule has 2 aromatic carbocycles. The minimum Gasteiger partial charge on any atom is -0.325 e. The number of tetrazole rings is 1. The summed E-state index contributed by atoms with van der Waals surface area (Å²) in [6.07, 6.45) is 0. The molecule has 0 saturated carbocycles. The number of benzene rings is 2. The molecule has 0 bridgehead atoms. The third kappa shape index (κ3) is 4.11. The van der Waals surface area contributed by atoms with Crippen LogP contribution in [-0.4, -0.2) is 31.4 Å². The van der Waals surface area contributed by atoms with E-state index in [1.54, 1.807) is 4.68 Å². The molecule has 1 atom stereocenters. The Kier molecular flexibility index (Phi) is 5.37. The summed E-state index contributed by atoms with van der Waals surface area (Å²) in [5, 5.41) is 15.1. The number of amides is 1. The first kappa shape index (κ1) is 18.1. The molecule has 3 rings (SSSR count). The van der Waals surface area contributed by atoms with Crippen molar-refractivity contribution < 1.29 is 4.79 Å². The van der Waals surface area contributed by atoms with Gasteiger partial charge in [0.1, 0.15) is 0 Å². The monoisotopic (exact) mass is 367 g/mol. The van der Waals surface area contributed by atoms with Gasteiger partial charge in [-0.2, -0.15) is 4.68 Å².